The van der Waals surface area contributed by atoms with Crippen molar-refractivity contribution < 1.29 is 5.11 Å². The van der Waals surface area contributed by atoms with Crippen molar-refractivity contribution >= 4 is 0 Å². The van der Waals surface area contributed by atoms with E-state index in [1.165, 1.54) is 19.3 Å². The van der Waals surface area contributed by atoms with Crippen LogP contribution in [-0.4, -0.2) is 17.8 Å². The lowest BCUT2D eigenvalue weighted by Gasteiger charge is -2.40. The molecule has 2 heteroatoms. The van der Waals surface area contributed by atoms with Gasteiger partial charge in [-0.25, -0.2) is 0 Å². The summed E-state index contributed by atoms with van der Waals surface area (Å²) in [5.41, 5.74) is 5.92. The van der Waals surface area contributed by atoms with Crippen molar-refractivity contribution in [2.45, 2.75) is 39.2 Å². The van der Waals surface area contributed by atoms with Crippen molar-refractivity contribution in [3.8, 4) is 0 Å². The average molecular weight is 157 g/mol. The molecule has 0 amide bonds. The molecule has 11 heavy (non-hydrogen) atoms. The van der Waals surface area contributed by atoms with E-state index in [-0.39, 0.29) is 18.1 Å². The van der Waals surface area contributed by atoms with E-state index in [0.717, 1.165) is 0 Å². The second kappa shape index (κ2) is 3.11. The molecule has 0 spiro atoms. The summed E-state index contributed by atoms with van der Waals surface area (Å²) in [5.74, 6) is 0.664. The van der Waals surface area contributed by atoms with Crippen LogP contribution in [-0.2, 0) is 0 Å². The molecule has 1 unspecified atom stereocenters. The fourth-order valence-corrected chi connectivity index (χ4v) is 1.54. The predicted octanol–water partition coefficient (Wildman–Crippen LogP) is 1.13. The summed E-state index contributed by atoms with van der Waals surface area (Å²) in [6, 6.07) is 0.182. The fraction of sp³-hybridized carbons (Fsp3) is 1.00. The van der Waals surface area contributed by atoms with E-state index < -0.39 is 0 Å². The third-order valence-electron chi connectivity index (χ3n) is 2.97. The second-order valence-electron chi connectivity index (χ2n) is 4.36. The average Bonchev–Trinajstić information content (AvgIpc) is 1.84. The Kier molecular flexibility index (Phi) is 2.55. The standard InChI is InChI=1S/C9H19NO/c1-9(2,6-11)8(10)7-4-3-5-7/h7-8,11H,3-6,10H2,1-2H3. The van der Waals surface area contributed by atoms with E-state index in [2.05, 4.69) is 0 Å². The number of aliphatic hydroxyl groups is 1. The molecule has 0 saturated heterocycles. The molecule has 0 bridgehead atoms. The molecule has 0 aromatic heterocycles. The minimum Gasteiger partial charge on any atom is -0.396 e. The predicted molar refractivity (Wildman–Crippen MR) is 46.2 cm³/mol. The normalized spacial score (nSPS) is 22.9. The van der Waals surface area contributed by atoms with Gasteiger partial charge in [-0.2, -0.15) is 0 Å². The van der Waals surface area contributed by atoms with Gasteiger partial charge in [0.15, 0.2) is 0 Å². The van der Waals surface area contributed by atoms with Crippen LogP contribution in [0.5, 0.6) is 0 Å². The Balaban J connectivity index is 2.44. The van der Waals surface area contributed by atoms with Crippen LogP contribution >= 0.6 is 0 Å². The van der Waals surface area contributed by atoms with Gasteiger partial charge < -0.3 is 10.8 Å². The number of hydrogen-bond donors (Lipinski definition) is 2. The van der Waals surface area contributed by atoms with E-state index >= 15 is 0 Å². The number of nitrogens with two attached hydrogens (primary N) is 1. The molecule has 2 nitrogen and oxygen atoms in total. The Labute approximate surface area is 68.8 Å². The van der Waals surface area contributed by atoms with Gasteiger partial charge in [0.05, 0.1) is 0 Å². The van der Waals surface area contributed by atoms with E-state index in [1.807, 2.05) is 13.8 Å². The first kappa shape index (κ1) is 9.01. The summed E-state index contributed by atoms with van der Waals surface area (Å²) in [7, 11) is 0. The van der Waals surface area contributed by atoms with E-state index in [4.69, 9.17) is 10.8 Å². The molecule has 0 aliphatic heterocycles. The lowest BCUT2D eigenvalue weighted by molar-refractivity contribution is 0.0803. The van der Waals surface area contributed by atoms with Crippen molar-refractivity contribution in [2.24, 2.45) is 17.1 Å². The molecule has 0 aromatic carbocycles. The largest absolute Gasteiger partial charge is 0.396 e. The first-order valence-electron chi connectivity index (χ1n) is 4.44. The van der Waals surface area contributed by atoms with Gasteiger partial charge in [0, 0.05) is 18.1 Å². The van der Waals surface area contributed by atoms with Crippen LogP contribution in [0.3, 0.4) is 0 Å². The van der Waals surface area contributed by atoms with Crippen molar-refractivity contribution in [1.82, 2.24) is 0 Å². The summed E-state index contributed by atoms with van der Waals surface area (Å²) in [6.07, 6.45) is 3.83. The van der Waals surface area contributed by atoms with E-state index in [9.17, 15) is 0 Å². The zero-order valence-electron chi connectivity index (χ0n) is 7.51. The van der Waals surface area contributed by atoms with Crippen molar-refractivity contribution in [3.63, 3.8) is 0 Å². The van der Waals surface area contributed by atoms with Crippen LogP contribution in [0.1, 0.15) is 33.1 Å². The molecule has 1 aliphatic carbocycles. The third-order valence-corrected chi connectivity index (χ3v) is 2.97. The number of hydrogen-bond acceptors (Lipinski definition) is 2. The maximum atomic E-state index is 9.05. The van der Waals surface area contributed by atoms with Gasteiger partial charge in [-0.15, -0.1) is 0 Å². The molecular formula is C9H19NO. The molecule has 0 aromatic rings. The van der Waals surface area contributed by atoms with Gasteiger partial charge in [-0.3, -0.25) is 0 Å². The monoisotopic (exact) mass is 157 g/mol. The highest BCUT2D eigenvalue weighted by Gasteiger charge is 2.34. The molecular weight excluding hydrogens is 138 g/mol. The Morgan fingerprint density at radius 3 is 2.36 bits per heavy atom. The summed E-state index contributed by atoms with van der Waals surface area (Å²) >= 11 is 0. The lowest BCUT2D eigenvalue weighted by Crippen LogP contribution is -2.47. The van der Waals surface area contributed by atoms with E-state index in [0.29, 0.717) is 5.92 Å². The molecule has 1 aliphatic rings. The molecule has 1 saturated carbocycles. The van der Waals surface area contributed by atoms with Gasteiger partial charge in [0.25, 0.3) is 0 Å². The van der Waals surface area contributed by atoms with E-state index in [1.54, 1.807) is 0 Å². The summed E-state index contributed by atoms with van der Waals surface area (Å²) in [4.78, 5) is 0. The Morgan fingerprint density at radius 2 is 2.09 bits per heavy atom. The summed E-state index contributed by atoms with van der Waals surface area (Å²) in [6.45, 7) is 4.27. The Morgan fingerprint density at radius 1 is 1.55 bits per heavy atom. The highest BCUT2D eigenvalue weighted by Crippen LogP contribution is 2.35. The molecule has 1 atom stereocenters. The van der Waals surface area contributed by atoms with Gasteiger partial charge in [0.2, 0.25) is 0 Å². The number of rotatable bonds is 3. The summed E-state index contributed by atoms with van der Waals surface area (Å²) < 4.78 is 0. The smallest absolute Gasteiger partial charge is 0.0497 e. The van der Waals surface area contributed by atoms with Crippen LogP contribution in [0.4, 0.5) is 0 Å². The molecule has 1 rings (SSSR count). The topological polar surface area (TPSA) is 46.2 Å². The Hall–Kier alpha value is -0.0800. The van der Waals surface area contributed by atoms with Crippen molar-refractivity contribution in [3.05, 3.63) is 0 Å². The van der Waals surface area contributed by atoms with Gasteiger partial charge in [-0.1, -0.05) is 20.3 Å². The van der Waals surface area contributed by atoms with Crippen molar-refractivity contribution in [2.75, 3.05) is 6.61 Å². The zero-order chi connectivity index (χ0) is 8.48. The van der Waals surface area contributed by atoms with Crippen LogP contribution in [0.25, 0.3) is 0 Å². The molecule has 3 N–H and O–H groups in total. The summed E-state index contributed by atoms with van der Waals surface area (Å²) in [5, 5.41) is 9.05. The highest BCUT2D eigenvalue weighted by molar-refractivity contribution is 4.89. The van der Waals surface area contributed by atoms with Crippen LogP contribution < -0.4 is 5.73 Å². The molecule has 1 fully saturated rings. The quantitative estimate of drug-likeness (QED) is 0.645. The van der Waals surface area contributed by atoms with Gasteiger partial charge in [0.1, 0.15) is 0 Å². The SMILES string of the molecule is CC(C)(CO)C(N)C1CCC1. The third kappa shape index (κ3) is 1.74. The first-order valence-corrected chi connectivity index (χ1v) is 4.44. The minimum atomic E-state index is -0.0922. The number of aliphatic hydroxyl groups excluding tert-OH is 1. The second-order valence-corrected chi connectivity index (χ2v) is 4.36. The van der Waals surface area contributed by atoms with Crippen LogP contribution in [0.15, 0.2) is 0 Å². The Bertz CT molecular complexity index is 130. The molecule has 0 heterocycles. The van der Waals surface area contributed by atoms with Crippen LogP contribution in [0, 0.1) is 11.3 Å². The highest BCUT2D eigenvalue weighted by atomic mass is 16.3. The van der Waals surface area contributed by atoms with Gasteiger partial charge >= 0.3 is 0 Å². The molecule has 0 radical (unpaired) electrons. The molecule has 66 valence electrons. The lowest BCUT2D eigenvalue weighted by atomic mass is 9.70. The van der Waals surface area contributed by atoms with Crippen LogP contribution in [0.2, 0.25) is 0 Å². The first-order chi connectivity index (χ1) is 5.08. The van der Waals surface area contributed by atoms with Crippen molar-refractivity contribution in [1.29, 1.82) is 0 Å². The fourth-order valence-electron chi connectivity index (χ4n) is 1.54. The maximum Gasteiger partial charge on any atom is 0.0497 e. The zero-order valence-corrected chi connectivity index (χ0v) is 7.51. The maximum absolute atomic E-state index is 9.05. The van der Waals surface area contributed by atoms with Gasteiger partial charge in [-0.05, 0) is 18.8 Å². The minimum absolute atomic E-state index is 0.0922.